The second kappa shape index (κ2) is 9.48. The quantitative estimate of drug-likeness (QED) is 0.562. The van der Waals surface area contributed by atoms with Gasteiger partial charge in [0.15, 0.2) is 0 Å². The molecule has 0 atom stereocenters. The molecule has 0 radical (unpaired) electrons. The molecule has 20 heavy (non-hydrogen) atoms. The third kappa shape index (κ3) is 5.29. The van der Waals surface area contributed by atoms with E-state index in [9.17, 15) is 4.79 Å². The van der Waals surface area contributed by atoms with Crippen LogP contribution >= 0.6 is 11.6 Å². The third-order valence-corrected chi connectivity index (χ3v) is 3.27. The van der Waals surface area contributed by atoms with E-state index in [4.69, 9.17) is 21.1 Å². The van der Waals surface area contributed by atoms with Crippen molar-refractivity contribution in [3.05, 3.63) is 23.8 Å². The molecule has 0 aliphatic rings. The number of ether oxygens (including phenoxy) is 2. The molecule has 0 spiro atoms. The Bertz CT molecular complexity index is 424. The first-order valence-electron chi connectivity index (χ1n) is 6.79. The summed E-state index contributed by atoms with van der Waals surface area (Å²) >= 11 is 5.61. The molecule has 0 fully saturated rings. The van der Waals surface area contributed by atoms with E-state index in [-0.39, 0.29) is 5.91 Å². The van der Waals surface area contributed by atoms with E-state index >= 15 is 0 Å². The van der Waals surface area contributed by atoms with E-state index in [0.29, 0.717) is 29.5 Å². The molecule has 0 saturated heterocycles. The lowest BCUT2D eigenvalue weighted by atomic mass is 10.1. The summed E-state index contributed by atoms with van der Waals surface area (Å²) in [6.45, 7) is 0.663. The zero-order valence-corrected chi connectivity index (χ0v) is 12.8. The zero-order valence-electron chi connectivity index (χ0n) is 12.1. The predicted molar refractivity (Wildman–Crippen MR) is 81.1 cm³/mol. The SMILES string of the molecule is COc1ccc(C(=O)NCCCCCCCl)c(OC)c1. The molecule has 0 aliphatic carbocycles. The first-order valence-corrected chi connectivity index (χ1v) is 7.32. The van der Waals surface area contributed by atoms with Crippen LogP contribution < -0.4 is 14.8 Å². The van der Waals surface area contributed by atoms with Crippen LogP contribution in [0.1, 0.15) is 36.0 Å². The fourth-order valence-electron chi connectivity index (χ4n) is 1.86. The normalized spacial score (nSPS) is 10.2. The Morgan fingerprint density at radius 1 is 1.15 bits per heavy atom. The molecular weight excluding hydrogens is 278 g/mol. The summed E-state index contributed by atoms with van der Waals surface area (Å²) in [5.74, 6) is 1.76. The van der Waals surface area contributed by atoms with Gasteiger partial charge in [0.25, 0.3) is 5.91 Å². The van der Waals surface area contributed by atoms with Crippen LogP contribution in [0.25, 0.3) is 0 Å². The molecule has 0 aromatic heterocycles. The summed E-state index contributed by atoms with van der Waals surface area (Å²) in [4.78, 5) is 12.1. The molecule has 4 nitrogen and oxygen atoms in total. The van der Waals surface area contributed by atoms with Crippen LogP contribution in [0.3, 0.4) is 0 Å². The summed E-state index contributed by atoms with van der Waals surface area (Å²) in [6.07, 6.45) is 4.17. The van der Waals surface area contributed by atoms with Gasteiger partial charge >= 0.3 is 0 Å². The Hall–Kier alpha value is -1.42. The van der Waals surface area contributed by atoms with Crippen LogP contribution in [0.2, 0.25) is 0 Å². The molecule has 1 aromatic rings. The summed E-state index contributed by atoms with van der Waals surface area (Å²) in [7, 11) is 3.12. The molecule has 5 heteroatoms. The first-order chi connectivity index (χ1) is 9.72. The highest BCUT2D eigenvalue weighted by Crippen LogP contribution is 2.24. The fraction of sp³-hybridized carbons (Fsp3) is 0.533. The number of carbonyl (C=O) groups is 1. The number of hydrogen-bond acceptors (Lipinski definition) is 3. The average Bonchev–Trinajstić information content (AvgIpc) is 2.49. The second-order valence-corrected chi connectivity index (χ2v) is 4.80. The van der Waals surface area contributed by atoms with Crippen LogP contribution in [-0.2, 0) is 0 Å². The monoisotopic (exact) mass is 299 g/mol. The van der Waals surface area contributed by atoms with Crippen LogP contribution in [0.5, 0.6) is 11.5 Å². The predicted octanol–water partition coefficient (Wildman–Crippen LogP) is 3.23. The van der Waals surface area contributed by atoms with Gasteiger partial charge in [-0.2, -0.15) is 0 Å². The number of carbonyl (C=O) groups excluding carboxylic acids is 1. The van der Waals surface area contributed by atoms with Gasteiger partial charge in [-0.15, -0.1) is 11.6 Å². The minimum Gasteiger partial charge on any atom is -0.497 e. The number of halogens is 1. The van der Waals surface area contributed by atoms with Crippen molar-refractivity contribution in [2.75, 3.05) is 26.6 Å². The van der Waals surface area contributed by atoms with Gasteiger partial charge in [-0.3, -0.25) is 4.79 Å². The number of hydrogen-bond donors (Lipinski definition) is 1. The van der Waals surface area contributed by atoms with Crippen molar-refractivity contribution in [1.29, 1.82) is 0 Å². The minimum atomic E-state index is -0.123. The molecule has 112 valence electrons. The van der Waals surface area contributed by atoms with Gasteiger partial charge in [-0.05, 0) is 25.0 Å². The van der Waals surface area contributed by atoms with Gasteiger partial charge in [0.2, 0.25) is 0 Å². The Labute approximate surface area is 125 Å². The van der Waals surface area contributed by atoms with E-state index in [2.05, 4.69) is 5.32 Å². The molecule has 0 heterocycles. The van der Waals surface area contributed by atoms with Crippen LogP contribution in [-0.4, -0.2) is 32.6 Å². The lowest BCUT2D eigenvalue weighted by molar-refractivity contribution is 0.0950. The van der Waals surface area contributed by atoms with Gasteiger partial charge in [-0.1, -0.05) is 12.8 Å². The molecule has 1 amide bonds. The minimum absolute atomic E-state index is 0.123. The highest BCUT2D eigenvalue weighted by molar-refractivity contribution is 6.17. The summed E-state index contributed by atoms with van der Waals surface area (Å²) < 4.78 is 10.3. The molecule has 1 rings (SSSR count). The molecular formula is C15H22ClNO3. The second-order valence-electron chi connectivity index (χ2n) is 4.43. The van der Waals surface area contributed by atoms with E-state index < -0.39 is 0 Å². The Balaban J connectivity index is 2.46. The van der Waals surface area contributed by atoms with Crippen LogP contribution in [0.15, 0.2) is 18.2 Å². The topological polar surface area (TPSA) is 47.6 Å². The smallest absolute Gasteiger partial charge is 0.255 e. The lowest BCUT2D eigenvalue weighted by Gasteiger charge is -2.10. The van der Waals surface area contributed by atoms with Gasteiger partial charge < -0.3 is 14.8 Å². The highest BCUT2D eigenvalue weighted by atomic mass is 35.5. The number of methoxy groups -OCH3 is 2. The summed E-state index contributed by atoms with van der Waals surface area (Å²) in [5, 5.41) is 2.90. The van der Waals surface area contributed by atoms with Crippen molar-refractivity contribution >= 4 is 17.5 Å². The van der Waals surface area contributed by atoms with Crippen LogP contribution in [0.4, 0.5) is 0 Å². The van der Waals surface area contributed by atoms with Crippen molar-refractivity contribution in [1.82, 2.24) is 5.32 Å². The van der Waals surface area contributed by atoms with Crippen molar-refractivity contribution in [2.45, 2.75) is 25.7 Å². The first kappa shape index (κ1) is 16.6. The number of nitrogens with one attached hydrogen (secondary N) is 1. The Morgan fingerprint density at radius 3 is 2.55 bits per heavy atom. The van der Waals surface area contributed by atoms with Crippen molar-refractivity contribution in [3.63, 3.8) is 0 Å². The molecule has 0 saturated carbocycles. The summed E-state index contributed by atoms with van der Waals surface area (Å²) in [5.41, 5.74) is 0.522. The van der Waals surface area contributed by atoms with Gasteiger partial charge in [0.1, 0.15) is 11.5 Å². The number of alkyl halides is 1. The molecule has 0 aliphatic heterocycles. The number of amides is 1. The summed E-state index contributed by atoms with van der Waals surface area (Å²) in [6, 6.07) is 5.16. The lowest BCUT2D eigenvalue weighted by Crippen LogP contribution is -2.24. The van der Waals surface area contributed by atoms with Crippen molar-refractivity contribution in [3.8, 4) is 11.5 Å². The van der Waals surface area contributed by atoms with Crippen LogP contribution in [0, 0.1) is 0 Å². The van der Waals surface area contributed by atoms with E-state index in [1.165, 1.54) is 7.11 Å². The maximum absolute atomic E-state index is 12.1. The van der Waals surface area contributed by atoms with Crippen molar-refractivity contribution in [2.24, 2.45) is 0 Å². The van der Waals surface area contributed by atoms with E-state index in [1.807, 2.05) is 0 Å². The maximum atomic E-state index is 12.1. The Kier molecular flexibility index (Phi) is 7.88. The molecule has 0 bridgehead atoms. The zero-order chi connectivity index (χ0) is 14.8. The number of rotatable bonds is 9. The maximum Gasteiger partial charge on any atom is 0.255 e. The van der Waals surface area contributed by atoms with Gasteiger partial charge in [0, 0.05) is 18.5 Å². The van der Waals surface area contributed by atoms with Crippen molar-refractivity contribution < 1.29 is 14.3 Å². The Morgan fingerprint density at radius 2 is 1.90 bits per heavy atom. The fourth-order valence-corrected chi connectivity index (χ4v) is 2.05. The molecule has 0 unspecified atom stereocenters. The van der Waals surface area contributed by atoms with Gasteiger partial charge in [-0.25, -0.2) is 0 Å². The standard InChI is InChI=1S/C15H22ClNO3/c1-19-12-7-8-13(14(11-12)20-2)15(18)17-10-6-4-3-5-9-16/h7-8,11H,3-6,9-10H2,1-2H3,(H,17,18). The van der Waals surface area contributed by atoms with E-state index in [0.717, 1.165) is 25.7 Å². The molecule has 1 N–H and O–H groups in total. The average molecular weight is 300 g/mol. The number of benzene rings is 1. The van der Waals surface area contributed by atoms with Gasteiger partial charge in [0.05, 0.1) is 19.8 Å². The largest absolute Gasteiger partial charge is 0.497 e. The van der Waals surface area contributed by atoms with E-state index in [1.54, 1.807) is 25.3 Å². The highest BCUT2D eigenvalue weighted by Gasteiger charge is 2.12. The molecule has 1 aromatic carbocycles. The third-order valence-electron chi connectivity index (χ3n) is 3.00. The number of unbranched alkanes of at least 4 members (excludes halogenated alkanes) is 3.